The first-order valence-electron chi connectivity index (χ1n) is 7.23. The maximum atomic E-state index is 11.5. The number of aryl methyl sites for hydroxylation is 1. The highest BCUT2D eigenvalue weighted by molar-refractivity contribution is 5.92. The molecule has 1 aromatic carbocycles. The van der Waals surface area contributed by atoms with Gasteiger partial charge in [0, 0.05) is 6.42 Å². The normalized spacial score (nSPS) is 17.4. The fourth-order valence-electron chi connectivity index (χ4n) is 2.08. The van der Waals surface area contributed by atoms with Gasteiger partial charge in [0.1, 0.15) is 6.61 Å². The largest absolute Gasteiger partial charge is 0.445 e. The molecule has 0 aliphatic heterocycles. The number of nitrogens with one attached hydrogen (secondary N) is 1. The topological polar surface area (TPSA) is 55.4 Å². The number of hydrogen-bond donors (Lipinski definition) is 1. The van der Waals surface area contributed by atoms with Crippen LogP contribution in [0.4, 0.5) is 4.79 Å². The van der Waals surface area contributed by atoms with Crippen molar-refractivity contribution in [3.05, 3.63) is 35.4 Å². The molecule has 1 amide bonds. The van der Waals surface area contributed by atoms with Crippen LogP contribution in [0.5, 0.6) is 0 Å². The molecule has 1 atom stereocenters. The van der Waals surface area contributed by atoms with Crippen LogP contribution in [0.1, 0.15) is 43.7 Å². The maximum absolute atomic E-state index is 11.5. The number of carbonyl (C=O) groups is 2. The van der Waals surface area contributed by atoms with E-state index in [1.807, 2.05) is 12.1 Å². The van der Waals surface area contributed by atoms with E-state index in [4.69, 9.17) is 4.74 Å². The van der Waals surface area contributed by atoms with Gasteiger partial charge in [0.25, 0.3) is 0 Å². The Bertz CT molecular complexity index is 467. The van der Waals surface area contributed by atoms with Gasteiger partial charge in [-0.15, -0.1) is 0 Å². The Kier molecular flexibility index (Phi) is 5.16. The first-order chi connectivity index (χ1) is 9.69. The molecule has 1 saturated carbocycles. The fourth-order valence-corrected chi connectivity index (χ4v) is 2.08. The molecule has 0 bridgehead atoms. The summed E-state index contributed by atoms with van der Waals surface area (Å²) in [6, 6.07) is 7.77. The lowest BCUT2D eigenvalue weighted by Gasteiger charge is -2.24. The number of carbonyl (C=O) groups excluding carboxylic acids is 2. The Morgan fingerprint density at radius 1 is 1.30 bits per heavy atom. The van der Waals surface area contributed by atoms with Gasteiger partial charge in [-0.1, -0.05) is 37.6 Å². The predicted molar refractivity (Wildman–Crippen MR) is 76.4 cm³/mol. The number of rotatable bonds is 6. The minimum atomic E-state index is -0.516. The SMILES string of the molecule is CCCCc1ccc(COC(=O)N[C@H]2CCC2=O)cc1. The zero-order valence-electron chi connectivity index (χ0n) is 11.9. The second kappa shape index (κ2) is 7.08. The lowest BCUT2D eigenvalue weighted by Crippen LogP contribution is -2.47. The second-order valence-corrected chi connectivity index (χ2v) is 5.20. The van der Waals surface area contributed by atoms with Gasteiger partial charge in [0.2, 0.25) is 0 Å². The number of ketones is 1. The molecule has 0 spiro atoms. The third kappa shape index (κ3) is 4.08. The third-order valence-corrected chi connectivity index (χ3v) is 3.57. The standard InChI is InChI=1S/C16H21NO3/c1-2-3-4-12-5-7-13(8-6-12)11-20-16(19)17-14-9-10-15(14)18/h5-8,14H,2-4,9-11H2,1H3,(H,17,19)/t14-/m0/s1. The van der Waals surface area contributed by atoms with Crippen molar-refractivity contribution in [3.8, 4) is 0 Å². The van der Waals surface area contributed by atoms with Gasteiger partial charge >= 0.3 is 6.09 Å². The number of amides is 1. The molecule has 1 aliphatic carbocycles. The Hall–Kier alpha value is -1.84. The van der Waals surface area contributed by atoms with Gasteiger partial charge < -0.3 is 10.1 Å². The quantitative estimate of drug-likeness (QED) is 0.868. The maximum Gasteiger partial charge on any atom is 0.408 e. The van der Waals surface area contributed by atoms with Crippen LogP contribution in [0, 0.1) is 0 Å². The van der Waals surface area contributed by atoms with Crippen LogP contribution in [-0.2, 0) is 22.6 Å². The molecule has 0 heterocycles. The first-order valence-corrected chi connectivity index (χ1v) is 7.23. The average Bonchev–Trinajstić information content (AvgIpc) is 2.48. The first kappa shape index (κ1) is 14.6. The summed E-state index contributed by atoms with van der Waals surface area (Å²) < 4.78 is 5.10. The zero-order chi connectivity index (χ0) is 14.4. The molecular formula is C16H21NO3. The minimum absolute atomic E-state index is 0.0854. The number of ether oxygens (including phenoxy) is 1. The molecule has 0 radical (unpaired) electrons. The van der Waals surface area contributed by atoms with E-state index in [1.165, 1.54) is 18.4 Å². The van der Waals surface area contributed by atoms with E-state index in [1.54, 1.807) is 0 Å². The van der Waals surface area contributed by atoms with E-state index in [0.717, 1.165) is 18.4 Å². The van der Waals surface area contributed by atoms with E-state index in [9.17, 15) is 9.59 Å². The molecule has 0 aromatic heterocycles. The third-order valence-electron chi connectivity index (χ3n) is 3.57. The van der Waals surface area contributed by atoms with Crippen LogP contribution in [0.15, 0.2) is 24.3 Å². The molecule has 1 fully saturated rings. The van der Waals surface area contributed by atoms with Gasteiger partial charge in [0.05, 0.1) is 6.04 Å². The van der Waals surface area contributed by atoms with Gasteiger partial charge in [-0.05, 0) is 30.4 Å². The van der Waals surface area contributed by atoms with E-state index in [-0.39, 0.29) is 18.4 Å². The Morgan fingerprint density at radius 3 is 2.55 bits per heavy atom. The average molecular weight is 275 g/mol. The molecule has 20 heavy (non-hydrogen) atoms. The van der Waals surface area contributed by atoms with E-state index < -0.39 is 6.09 Å². The summed E-state index contributed by atoms with van der Waals surface area (Å²) in [6.07, 6.45) is 4.23. The smallest absolute Gasteiger partial charge is 0.408 e. The van der Waals surface area contributed by atoms with Gasteiger partial charge in [0.15, 0.2) is 5.78 Å². The summed E-state index contributed by atoms with van der Waals surface area (Å²) >= 11 is 0. The molecule has 108 valence electrons. The van der Waals surface area contributed by atoms with E-state index >= 15 is 0 Å². The summed E-state index contributed by atoms with van der Waals surface area (Å²) in [7, 11) is 0. The molecule has 1 aliphatic rings. The summed E-state index contributed by atoms with van der Waals surface area (Å²) in [4.78, 5) is 22.6. The number of hydrogen-bond acceptors (Lipinski definition) is 3. The number of benzene rings is 1. The van der Waals surface area contributed by atoms with Crippen LogP contribution in [0.25, 0.3) is 0 Å². The number of unbranched alkanes of at least 4 members (excludes halogenated alkanes) is 1. The van der Waals surface area contributed by atoms with Crippen molar-refractivity contribution in [2.75, 3.05) is 0 Å². The van der Waals surface area contributed by atoms with Crippen molar-refractivity contribution in [3.63, 3.8) is 0 Å². The molecule has 4 nitrogen and oxygen atoms in total. The Morgan fingerprint density at radius 2 is 2.00 bits per heavy atom. The Labute approximate surface area is 119 Å². The molecule has 4 heteroatoms. The van der Waals surface area contributed by atoms with Crippen molar-refractivity contribution in [1.82, 2.24) is 5.32 Å². The van der Waals surface area contributed by atoms with Crippen LogP contribution >= 0.6 is 0 Å². The summed E-state index contributed by atoms with van der Waals surface area (Å²) in [5, 5.41) is 2.56. The van der Waals surface area contributed by atoms with Gasteiger partial charge in [-0.2, -0.15) is 0 Å². The van der Waals surface area contributed by atoms with Crippen molar-refractivity contribution >= 4 is 11.9 Å². The molecule has 1 aromatic rings. The Balaban J connectivity index is 1.72. The molecule has 0 saturated heterocycles. The van der Waals surface area contributed by atoms with Crippen molar-refractivity contribution in [2.24, 2.45) is 0 Å². The molecule has 0 unspecified atom stereocenters. The van der Waals surface area contributed by atoms with Crippen molar-refractivity contribution in [2.45, 2.75) is 51.7 Å². The fraction of sp³-hybridized carbons (Fsp3) is 0.500. The molecule has 2 rings (SSSR count). The van der Waals surface area contributed by atoms with Crippen LogP contribution < -0.4 is 5.32 Å². The summed E-state index contributed by atoms with van der Waals surface area (Å²) in [6.45, 7) is 2.41. The molecular weight excluding hydrogens is 254 g/mol. The van der Waals surface area contributed by atoms with Crippen LogP contribution in [0.3, 0.4) is 0 Å². The van der Waals surface area contributed by atoms with Crippen molar-refractivity contribution in [1.29, 1.82) is 0 Å². The van der Waals surface area contributed by atoms with Gasteiger partial charge in [-0.25, -0.2) is 4.79 Å². The van der Waals surface area contributed by atoms with Crippen LogP contribution in [-0.4, -0.2) is 17.9 Å². The molecule has 1 N–H and O–H groups in total. The predicted octanol–water partition coefficient (Wildman–Crippen LogP) is 2.99. The van der Waals surface area contributed by atoms with Crippen LogP contribution in [0.2, 0.25) is 0 Å². The zero-order valence-corrected chi connectivity index (χ0v) is 11.9. The van der Waals surface area contributed by atoms with E-state index in [0.29, 0.717) is 6.42 Å². The summed E-state index contributed by atoms with van der Waals surface area (Å²) in [5.74, 6) is 0.0854. The van der Waals surface area contributed by atoms with Crippen molar-refractivity contribution < 1.29 is 14.3 Å². The highest BCUT2D eigenvalue weighted by atomic mass is 16.5. The number of Topliss-reactive ketones (excluding diaryl/α,β-unsaturated/α-hetero) is 1. The minimum Gasteiger partial charge on any atom is -0.445 e. The highest BCUT2D eigenvalue weighted by Crippen LogP contribution is 2.14. The summed E-state index contributed by atoms with van der Waals surface area (Å²) in [5.41, 5.74) is 2.26. The van der Waals surface area contributed by atoms with E-state index in [2.05, 4.69) is 24.4 Å². The lowest BCUT2D eigenvalue weighted by molar-refractivity contribution is -0.126. The van der Waals surface area contributed by atoms with Gasteiger partial charge in [-0.3, -0.25) is 4.79 Å². The lowest BCUT2D eigenvalue weighted by atomic mass is 9.91. The highest BCUT2D eigenvalue weighted by Gasteiger charge is 2.29. The second-order valence-electron chi connectivity index (χ2n) is 5.20. The number of alkyl carbamates (subject to hydrolysis) is 1. The monoisotopic (exact) mass is 275 g/mol.